The Balaban J connectivity index is 1.35. The number of nitrogens with zero attached hydrogens (tertiary/aromatic N) is 8. The maximum absolute atomic E-state index is 10.5. The molecule has 0 amide bonds. The van der Waals surface area contributed by atoms with Crippen LogP contribution in [0.1, 0.15) is 5.56 Å². The SMILES string of the molecule is N#Cc1ccccc1-c1c(-n2c3ccccc3c3ccc(-c4ncccn4)cc32)cncc1-n1c2ccccc2c2ccc(-c3ncccn3)cc21. The van der Waals surface area contributed by atoms with Crippen LogP contribution in [0.5, 0.6) is 0 Å². The molecule has 0 atom stereocenters. The third-order valence-corrected chi connectivity index (χ3v) is 9.70. The highest BCUT2D eigenvalue weighted by Crippen LogP contribution is 2.43. The number of pyridine rings is 1. The fourth-order valence-electron chi connectivity index (χ4n) is 7.49. The summed E-state index contributed by atoms with van der Waals surface area (Å²) in [4.78, 5) is 23.2. The Morgan fingerprint density at radius 2 is 0.923 bits per heavy atom. The lowest BCUT2D eigenvalue weighted by Crippen LogP contribution is -2.06. The van der Waals surface area contributed by atoms with Crippen molar-refractivity contribution in [2.24, 2.45) is 0 Å². The van der Waals surface area contributed by atoms with Gasteiger partial charge >= 0.3 is 0 Å². The summed E-state index contributed by atoms with van der Waals surface area (Å²) in [6.45, 7) is 0. The van der Waals surface area contributed by atoms with Gasteiger partial charge in [0.1, 0.15) is 0 Å². The summed E-state index contributed by atoms with van der Waals surface area (Å²) in [5.41, 5.74) is 9.72. The second kappa shape index (κ2) is 11.8. The minimum absolute atomic E-state index is 0.564. The summed E-state index contributed by atoms with van der Waals surface area (Å²) in [5.74, 6) is 1.29. The highest BCUT2D eigenvalue weighted by molar-refractivity contribution is 6.12. The van der Waals surface area contributed by atoms with Crippen molar-refractivity contribution in [1.82, 2.24) is 34.1 Å². The maximum Gasteiger partial charge on any atom is 0.159 e. The van der Waals surface area contributed by atoms with Gasteiger partial charge in [0.25, 0.3) is 0 Å². The predicted molar refractivity (Wildman–Crippen MR) is 205 cm³/mol. The van der Waals surface area contributed by atoms with E-state index >= 15 is 0 Å². The number of para-hydroxylation sites is 2. The van der Waals surface area contributed by atoms with Gasteiger partial charge in [0.15, 0.2) is 11.6 Å². The minimum Gasteiger partial charge on any atom is -0.307 e. The number of benzene rings is 5. The molecule has 5 aromatic heterocycles. The molecule has 0 bridgehead atoms. The van der Waals surface area contributed by atoms with E-state index in [2.05, 4.69) is 120 Å². The van der Waals surface area contributed by atoms with Crippen LogP contribution in [0.2, 0.25) is 0 Å². The Morgan fingerprint density at radius 1 is 0.462 bits per heavy atom. The second-order valence-corrected chi connectivity index (χ2v) is 12.5. The molecule has 0 aliphatic heterocycles. The van der Waals surface area contributed by atoms with Crippen LogP contribution in [0, 0.1) is 11.3 Å². The van der Waals surface area contributed by atoms with Crippen molar-refractivity contribution in [1.29, 1.82) is 5.26 Å². The van der Waals surface area contributed by atoms with E-state index in [-0.39, 0.29) is 0 Å². The Kier molecular flexibility index (Phi) is 6.69. The first-order valence-electron chi connectivity index (χ1n) is 16.9. The van der Waals surface area contributed by atoms with Crippen molar-refractivity contribution in [3.63, 3.8) is 0 Å². The van der Waals surface area contributed by atoms with E-state index in [1.807, 2.05) is 48.8 Å². The van der Waals surface area contributed by atoms with E-state index in [1.165, 1.54) is 0 Å². The van der Waals surface area contributed by atoms with Crippen LogP contribution in [0.15, 0.2) is 159 Å². The Hall–Kier alpha value is -7.50. The number of rotatable bonds is 5. The quantitative estimate of drug-likeness (QED) is 0.181. The van der Waals surface area contributed by atoms with E-state index in [1.54, 1.807) is 24.8 Å². The van der Waals surface area contributed by atoms with Crippen molar-refractivity contribution < 1.29 is 0 Å². The molecule has 0 radical (unpaired) electrons. The summed E-state index contributed by atoms with van der Waals surface area (Å²) >= 11 is 0. The number of hydrogen-bond acceptors (Lipinski definition) is 6. The number of hydrogen-bond donors (Lipinski definition) is 0. The van der Waals surface area contributed by atoms with E-state index in [9.17, 15) is 5.26 Å². The molecule has 0 fully saturated rings. The van der Waals surface area contributed by atoms with Crippen molar-refractivity contribution in [2.45, 2.75) is 0 Å². The second-order valence-electron chi connectivity index (χ2n) is 12.5. The van der Waals surface area contributed by atoms with Gasteiger partial charge in [-0.05, 0) is 42.5 Å². The highest BCUT2D eigenvalue weighted by Gasteiger charge is 2.24. The molecule has 242 valence electrons. The first kappa shape index (κ1) is 29.4. The largest absolute Gasteiger partial charge is 0.307 e. The predicted octanol–water partition coefficient (Wildman–Crippen LogP) is 9.73. The number of fused-ring (bicyclic) bond motifs is 6. The molecular weight excluding hydrogens is 641 g/mol. The smallest absolute Gasteiger partial charge is 0.159 e. The van der Waals surface area contributed by atoms with Gasteiger partial charge in [-0.3, -0.25) is 4.98 Å². The Labute approximate surface area is 297 Å². The lowest BCUT2D eigenvalue weighted by atomic mass is 9.97. The molecular formula is C44H26N8. The molecule has 0 aliphatic rings. The molecule has 10 rings (SSSR count). The van der Waals surface area contributed by atoms with Gasteiger partial charge in [-0.1, -0.05) is 78.9 Å². The van der Waals surface area contributed by atoms with Crippen LogP contribution in [-0.2, 0) is 0 Å². The average molecular weight is 667 g/mol. The van der Waals surface area contributed by atoms with Gasteiger partial charge in [0.2, 0.25) is 0 Å². The third-order valence-electron chi connectivity index (χ3n) is 9.70. The summed E-state index contributed by atoms with van der Waals surface area (Å²) in [5, 5.41) is 14.9. The van der Waals surface area contributed by atoms with Crippen molar-refractivity contribution in [3.05, 3.63) is 164 Å². The monoisotopic (exact) mass is 666 g/mol. The Bertz CT molecular complexity index is 2850. The van der Waals surface area contributed by atoms with Crippen molar-refractivity contribution in [3.8, 4) is 51.3 Å². The van der Waals surface area contributed by atoms with E-state index < -0.39 is 0 Å². The number of aromatic nitrogens is 7. The van der Waals surface area contributed by atoms with Crippen LogP contribution >= 0.6 is 0 Å². The van der Waals surface area contributed by atoms with Gasteiger partial charge in [-0.2, -0.15) is 5.26 Å². The molecule has 0 saturated carbocycles. The fourth-order valence-corrected chi connectivity index (χ4v) is 7.49. The molecule has 5 heterocycles. The Morgan fingerprint density at radius 3 is 1.44 bits per heavy atom. The van der Waals surface area contributed by atoms with Gasteiger partial charge in [0.05, 0.1) is 57.5 Å². The van der Waals surface area contributed by atoms with E-state index in [0.29, 0.717) is 17.2 Å². The topological polar surface area (TPSA) is 98.1 Å². The van der Waals surface area contributed by atoms with Gasteiger partial charge in [-0.25, -0.2) is 19.9 Å². The summed E-state index contributed by atoms with van der Waals surface area (Å²) < 4.78 is 4.52. The van der Waals surface area contributed by atoms with Gasteiger partial charge < -0.3 is 9.13 Å². The molecule has 8 heteroatoms. The van der Waals surface area contributed by atoms with Crippen molar-refractivity contribution in [2.75, 3.05) is 0 Å². The highest BCUT2D eigenvalue weighted by atomic mass is 15.0. The van der Waals surface area contributed by atoms with Crippen LogP contribution in [0.4, 0.5) is 0 Å². The summed E-state index contributed by atoms with van der Waals surface area (Å²) in [6.07, 6.45) is 10.8. The fraction of sp³-hybridized carbons (Fsp3) is 0. The van der Waals surface area contributed by atoms with Crippen LogP contribution in [0.3, 0.4) is 0 Å². The zero-order chi connectivity index (χ0) is 34.6. The minimum atomic E-state index is 0.564. The van der Waals surface area contributed by atoms with E-state index in [4.69, 9.17) is 4.98 Å². The van der Waals surface area contributed by atoms with Gasteiger partial charge in [0, 0.05) is 68.6 Å². The first-order chi connectivity index (χ1) is 25.8. The summed E-state index contributed by atoms with van der Waals surface area (Å²) in [6, 6.07) is 43.4. The molecule has 5 aromatic carbocycles. The lowest BCUT2D eigenvalue weighted by Gasteiger charge is -2.20. The molecule has 10 aromatic rings. The number of nitriles is 1. The van der Waals surface area contributed by atoms with E-state index in [0.717, 1.165) is 77.2 Å². The molecule has 0 aliphatic carbocycles. The van der Waals surface area contributed by atoms with Gasteiger partial charge in [-0.15, -0.1) is 0 Å². The molecule has 0 unspecified atom stereocenters. The third kappa shape index (κ3) is 4.50. The zero-order valence-electron chi connectivity index (χ0n) is 27.6. The van der Waals surface area contributed by atoms with Crippen LogP contribution in [0.25, 0.3) is 88.9 Å². The molecule has 0 spiro atoms. The molecule has 52 heavy (non-hydrogen) atoms. The van der Waals surface area contributed by atoms with Crippen LogP contribution < -0.4 is 0 Å². The standard InChI is InChI=1S/C44H26N8/c45-25-30-9-1-2-10-31(30)42-40(51-36-13-5-3-11-32(36)34-17-15-28(23-38(34)51)43-47-19-7-20-48-43)26-46-27-41(42)52-37-14-6-4-12-33(37)35-18-16-29(24-39(35)52)44-49-21-8-22-50-44/h1-24,26-27H. The van der Waals surface area contributed by atoms with Crippen LogP contribution in [-0.4, -0.2) is 34.1 Å². The lowest BCUT2D eigenvalue weighted by molar-refractivity contribution is 1.09. The van der Waals surface area contributed by atoms with Crippen molar-refractivity contribution >= 4 is 43.6 Å². The maximum atomic E-state index is 10.5. The molecule has 0 N–H and O–H groups in total. The normalized spacial score (nSPS) is 11.4. The zero-order valence-corrected chi connectivity index (χ0v) is 27.6. The first-order valence-corrected chi connectivity index (χ1v) is 16.9. The summed E-state index contributed by atoms with van der Waals surface area (Å²) in [7, 11) is 0. The average Bonchev–Trinajstić information content (AvgIpc) is 3.73. The molecule has 0 saturated heterocycles. The molecule has 8 nitrogen and oxygen atoms in total.